The van der Waals surface area contributed by atoms with Crippen LogP contribution in [-0.2, 0) is 16.6 Å². The van der Waals surface area contributed by atoms with E-state index in [2.05, 4.69) is 4.72 Å². The van der Waals surface area contributed by atoms with Crippen molar-refractivity contribution >= 4 is 33.2 Å². The fourth-order valence-electron chi connectivity index (χ4n) is 1.64. The molecule has 0 aliphatic rings. The molecule has 0 aliphatic carbocycles. The Morgan fingerprint density at radius 1 is 1.05 bits per heavy atom. The molecule has 0 aliphatic heterocycles. The predicted molar refractivity (Wildman–Crippen MR) is 81.7 cm³/mol. The summed E-state index contributed by atoms with van der Waals surface area (Å²) in [5, 5.41) is 0.947. The van der Waals surface area contributed by atoms with E-state index in [0.717, 1.165) is 11.1 Å². The number of aryl methyl sites for hydroxylation is 1. The number of hydrogen-bond donors (Lipinski definition) is 1. The van der Waals surface area contributed by atoms with E-state index < -0.39 is 10.0 Å². The van der Waals surface area contributed by atoms with Gasteiger partial charge in [0.15, 0.2) is 0 Å². The molecule has 0 bridgehead atoms. The van der Waals surface area contributed by atoms with Crippen LogP contribution < -0.4 is 4.72 Å². The Kier molecular flexibility index (Phi) is 4.70. The highest BCUT2D eigenvalue weighted by atomic mass is 35.5. The van der Waals surface area contributed by atoms with Gasteiger partial charge in [-0.15, -0.1) is 0 Å². The van der Waals surface area contributed by atoms with Gasteiger partial charge in [-0.3, -0.25) is 0 Å². The van der Waals surface area contributed by atoms with E-state index in [1.54, 1.807) is 30.3 Å². The summed E-state index contributed by atoms with van der Waals surface area (Å²) in [6, 6.07) is 11.7. The molecule has 0 amide bonds. The molecule has 106 valence electrons. The van der Waals surface area contributed by atoms with E-state index in [9.17, 15) is 8.42 Å². The molecule has 0 radical (unpaired) electrons. The van der Waals surface area contributed by atoms with Crippen LogP contribution in [0.5, 0.6) is 0 Å². The van der Waals surface area contributed by atoms with E-state index >= 15 is 0 Å². The summed E-state index contributed by atoms with van der Waals surface area (Å²) in [7, 11) is -3.61. The Hall–Kier alpha value is -1.07. The SMILES string of the molecule is Cc1ccc(S(=O)(=O)NCc2ccccc2Cl)cc1Cl. The van der Waals surface area contributed by atoms with Crippen LogP contribution in [0.1, 0.15) is 11.1 Å². The lowest BCUT2D eigenvalue weighted by molar-refractivity contribution is 0.581. The maximum atomic E-state index is 12.2. The number of sulfonamides is 1. The summed E-state index contributed by atoms with van der Waals surface area (Å²) < 4.78 is 26.8. The number of benzene rings is 2. The van der Waals surface area contributed by atoms with Gasteiger partial charge in [0, 0.05) is 16.6 Å². The predicted octanol–water partition coefficient (Wildman–Crippen LogP) is 3.78. The topological polar surface area (TPSA) is 46.2 Å². The Bertz CT molecular complexity index is 730. The summed E-state index contributed by atoms with van der Waals surface area (Å²) in [5.41, 5.74) is 1.55. The van der Waals surface area contributed by atoms with Crippen molar-refractivity contribution in [1.29, 1.82) is 0 Å². The first kappa shape index (κ1) is 15.3. The molecule has 2 rings (SSSR count). The zero-order chi connectivity index (χ0) is 14.8. The molecule has 3 nitrogen and oxygen atoms in total. The second kappa shape index (κ2) is 6.14. The number of hydrogen-bond acceptors (Lipinski definition) is 2. The van der Waals surface area contributed by atoms with Crippen molar-refractivity contribution in [2.75, 3.05) is 0 Å². The third kappa shape index (κ3) is 3.52. The molecule has 2 aromatic rings. The zero-order valence-corrected chi connectivity index (χ0v) is 13.1. The van der Waals surface area contributed by atoms with Crippen LogP contribution in [0.15, 0.2) is 47.4 Å². The van der Waals surface area contributed by atoms with Crippen LogP contribution in [0.4, 0.5) is 0 Å². The monoisotopic (exact) mass is 329 g/mol. The first-order valence-corrected chi connectivity index (χ1v) is 8.13. The van der Waals surface area contributed by atoms with Gasteiger partial charge in [-0.25, -0.2) is 13.1 Å². The van der Waals surface area contributed by atoms with Crippen molar-refractivity contribution in [3.05, 3.63) is 63.6 Å². The third-order valence-corrected chi connectivity index (χ3v) is 5.04. The molecule has 0 aromatic heterocycles. The van der Waals surface area contributed by atoms with Crippen molar-refractivity contribution in [2.24, 2.45) is 0 Å². The molecule has 6 heteroatoms. The molecular formula is C14H13Cl2NO2S. The molecule has 2 aromatic carbocycles. The molecule has 0 fully saturated rings. The lowest BCUT2D eigenvalue weighted by Crippen LogP contribution is -2.23. The van der Waals surface area contributed by atoms with Gasteiger partial charge >= 0.3 is 0 Å². The molecule has 0 unspecified atom stereocenters. The highest BCUT2D eigenvalue weighted by molar-refractivity contribution is 7.89. The van der Waals surface area contributed by atoms with E-state index in [1.807, 2.05) is 6.92 Å². The molecule has 0 saturated heterocycles. The molecule has 0 atom stereocenters. The zero-order valence-electron chi connectivity index (χ0n) is 10.7. The minimum absolute atomic E-state index is 0.132. The standard InChI is InChI=1S/C14H13Cl2NO2S/c1-10-6-7-12(8-14(10)16)20(18,19)17-9-11-4-2-3-5-13(11)15/h2-8,17H,9H2,1H3. The van der Waals surface area contributed by atoms with Gasteiger partial charge in [-0.05, 0) is 36.2 Å². The maximum absolute atomic E-state index is 12.2. The molecule has 0 saturated carbocycles. The fraction of sp³-hybridized carbons (Fsp3) is 0.143. The van der Waals surface area contributed by atoms with Crippen molar-refractivity contribution in [2.45, 2.75) is 18.4 Å². The van der Waals surface area contributed by atoms with Crippen molar-refractivity contribution < 1.29 is 8.42 Å². The lowest BCUT2D eigenvalue weighted by atomic mass is 10.2. The second-order valence-corrected chi connectivity index (χ2v) is 6.91. The van der Waals surface area contributed by atoms with Gasteiger partial charge in [-0.1, -0.05) is 47.5 Å². The van der Waals surface area contributed by atoms with Crippen LogP contribution in [-0.4, -0.2) is 8.42 Å². The maximum Gasteiger partial charge on any atom is 0.240 e. The fourth-order valence-corrected chi connectivity index (χ4v) is 3.12. The number of nitrogens with one attached hydrogen (secondary N) is 1. The Morgan fingerprint density at radius 2 is 1.75 bits per heavy atom. The average Bonchev–Trinajstić information content (AvgIpc) is 2.41. The Labute approximate surface area is 128 Å². The Morgan fingerprint density at radius 3 is 2.40 bits per heavy atom. The molecule has 0 heterocycles. The Balaban J connectivity index is 2.19. The van der Waals surface area contributed by atoms with Gasteiger partial charge in [0.05, 0.1) is 4.90 Å². The third-order valence-electron chi connectivity index (χ3n) is 2.86. The summed E-state index contributed by atoms with van der Waals surface area (Å²) in [5.74, 6) is 0. The van der Waals surface area contributed by atoms with E-state index in [0.29, 0.717) is 10.0 Å². The van der Waals surface area contributed by atoms with Gasteiger partial charge in [0.1, 0.15) is 0 Å². The smallest absolute Gasteiger partial charge is 0.207 e. The highest BCUT2D eigenvalue weighted by Gasteiger charge is 2.15. The molecular weight excluding hydrogens is 317 g/mol. The molecule has 1 N–H and O–H groups in total. The van der Waals surface area contributed by atoms with E-state index in [-0.39, 0.29) is 11.4 Å². The van der Waals surface area contributed by atoms with Gasteiger partial charge in [-0.2, -0.15) is 0 Å². The minimum atomic E-state index is -3.61. The normalized spacial score (nSPS) is 11.6. The van der Waals surface area contributed by atoms with Gasteiger partial charge < -0.3 is 0 Å². The van der Waals surface area contributed by atoms with Crippen LogP contribution in [0.25, 0.3) is 0 Å². The molecule has 20 heavy (non-hydrogen) atoms. The first-order chi connectivity index (χ1) is 9.40. The van der Waals surface area contributed by atoms with Crippen LogP contribution in [0, 0.1) is 6.92 Å². The number of halogens is 2. The van der Waals surface area contributed by atoms with Gasteiger partial charge in [0.25, 0.3) is 0 Å². The van der Waals surface area contributed by atoms with Crippen molar-refractivity contribution in [1.82, 2.24) is 4.72 Å². The molecule has 0 spiro atoms. The van der Waals surface area contributed by atoms with E-state index in [4.69, 9.17) is 23.2 Å². The summed E-state index contributed by atoms with van der Waals surface area (Å²) in [6.45, 7) is 1.95. The summed E-state index contributed by atoms with van der Waals surface area (Å²) in [6.07, 6.45) is 0. The quantitative estimate of drug-likeness (QED) is 0.927. The minimum Gasteiger partial charge on any atom is -0.207 e. The van der Waals surface area contributed by atoms with Gasteiger partial charge in [0.2, 0.25) is 10.0 Å². The van der Waals surface area contributed by atoms with Crippen LogP contribution >= 0.6 is 23.2 Å². The summed E-state index contributed by atoms with van der Waals surface area (Å²) in [4.78, 5) is 0.139. The average molecular weight is 330 g/mol. The van der Waals surface area contributed by atoms with Crippen molar-refractivity contribution in [3.8, 4) is 0 Å². The van der Waals surface area contributed by atoms with E-state index in [1.165, 1.54) is 12.1 Å². The largest absolute Gasteiger partial charge is 0.240 e. The number of rotatable bonds is 4. The second-order valence-electron chi connectivity index (χ2n) is 4.33. The highest BCUT2D eigenvalue weighted by Crippen LogP contribution is 2.21. The lowest BCUT2D eigenvalue weighted by Gasteiger charge is -2.09. The van der Waals surface area contributed by atoms with Crippen molar-refractivity contribution in [3.63, 3.8) is 0 Å². The van der Waals surface area contributed by atoms with Crippen LogP contribution in [0.2, 0.25) is 10.0 Å². The van der Waals surface area contributed by atoms with Crippen LogP contribution in [0.3, 0.4) is 0 Å². The summed E-state index contributed by atoms with van der Waals surface area (Å²) >= 11 is 11.9. The first-order valence-electron chi connectivity index (χ1n) is 5.89.